The van der Waals surface area contributed by atoms with Gasteiger partial charge >= 0.3 is 0 Å². The smallest absolute Gasteiger partial charge is 0.157 e. The fraction of sp³-hybridized carbons (Fsp3) is 0.533. The lowest BCUT2D eigenvalue weighted by molar-refractivity contribution is 0.324. The van der Waals surface area contributed by atoms with E-state index < -0.39 is 14.6 Å². The summed E-state index contributed by atoms with van der Waals surface area (Å²) in [6.07, 6.45) is 5.36. The first-order valence-corrected chi connectivity index (χ1v) is 9.94. The van der Waals surface area contributed by atoms with E-state index in [1.54, 1.807) is 11.3 Å². The lowest BCUT2D eigenvalue weighted by Crippen LogP contribution is -2.46. The third-order valence-electron chi connectivity index (χ3n) is 5.06. The molecule has 0 radical (unpaired) electrons. The van der Waals surface area contributed by atoms with E-state index in [1.807, 2.05) is 23.7 Å². The van der Waals surface area contributed by atoms with Crippen LogP contribution in [0.3, 0.4) is 0 Å². The monoisotopic (exact) mass is 322 g/mol. The van der Waals surface area contributed by atoms with Gasteiger partial charge in [-0.1, -0.05) is 6.42 Å². The SMILES string of the molecule is O=S1(=O)CCN(c2ccnc3ccsc23)CCC12CCC2. The molecule has 2 aromatic heterocycles. The van der Waals surface area contributed by atoms with Crippen molar-refractivity contribution >= 4 is 37.1 Å². The minimum atomic E-state index is -2.96. The molecule has 21 heavy (non-hydrogen) atoms. The maximum Gasteiger partial charge on any atom is 0.157 e. The summed E-state index contributed by atoms with van der Waals surface area (Å²) in [7, 11) is -2.96. The zero-order valence-corrected chi connectivity index (χ0v) is 13.4. The van der Waals surface area contributed by atoms with Gasteiger partial charge in [0.2, 0.25) is 0 Å². The van der Waals surface area contributed by atoms with Crippen LogP contribution in [-0.2, 0) is 9.84 Å². The highest BCUT2D eigenvalue weighted by Gasteiger charge is 2.49. The van der Waals surface area contributed by atoms with Crippen molar-refractivity contribution in [3.05, 3.63) is 23.7 Å². The number of thiophene rings is 1. The number of hydrogen-bond donors (Lipinski definition) is 0. The zero-order chi connectivity index (χ0) is 14.5. The lowest BCUT2D eigenvalue weighted by atomic mass is 9.81. The zero-order valence-electron chi connectivity index (χ0n) is 11.8. The van der Waals surface area contributed by atoms with Crippen LogP contribution in [0.25, 0.3) is 10.2 Å². The molecule has 0 aromatic carbocycles. The van der Waals surface area contributed by atoms with Gasteiger partial charge in [-0.2, -0.15) is 0 Å². The van der Waals surface area contributed by atoms with Gasteiger partial charge in [0.15, 0.2) is 9.84 Å². The second-order valence-corrected chi connectivity index (χ2v) is 9.48. The topological polar surface area (TPSA) is 50.3 Å². The Kier molecular flexibility index (Phi) is 3.01. The van der Waals surface area contributed by atoms with Gasteiger partial charge in [-0.3, -0.25) is 4.98 Å². The third-order valence-corrected chi connectivity index (χ3v) is 8.63. The first-order valence-electron chi connectivity index (χ1n) is 7.41. The average molecular weight is 322 g/mol. The van der Waals surface area contributed by atoms with Crippen molar-refractivity contribution in [1.82, 2.24) is 4.98 Å². The van der Waals surface area contributed by atoms with Crippen molar-refractivity contribution in [3.8, 4) is 0 Å². The molecule has 2 aromatic rings. The number of pyridine rings is 1. The van der Waals surface area contributed by atoms with Crippen molar-refractivity contribution in [2.24, 2.45) is 0 Å². The fourth-order valence-electron chi connectivity index (χ4n) is 3.53. The molecule has 0 atom stereocenters. The summed E-state index contributed by atoms with van der Waals surface area (Å²) in [5.74, 6) is 0.280. The van der Waals surface area contributed by atoms with Crippen LogP contribution in [0.4, 0.5) is 5.69 Å². The number of hydrogen-bond acceptors (Lipinski definition) is 5. The molecule has 3 heterocycles. The molecule has 1 spiro atoms. The van der Waals surface area contributed by atoms with Crippen LogP contribution in [0.1, 0.15) is 25.7 Å². The fourth-order valence-corrected chi connectivity index (χ4v) is 6.63. The van der Waals surface area contributed by atoms with Crippen molar-refractivity contribution in [3.63, 3.8) is 0 Å². The van der Waals surface area contributed by atoms with Crippen LogP contribution >= 0.6 is 11.3 Å². The first kappa shape index (κ1) is 13.5. The van der Waals surface area contributed by atoms with Crippen molar-refractivity contribution in [1.29, 1.82) is 0 Å². The number of aromatic nitrogens is 1. The Morgan fingerprint density at radius 2 is 2.05 bits per heavy atom. The van der Waals surface area contributed by atoms with E-state index in [-0.39, 0.29) is 5.75 Å². The maximum atomic E-state index is 12.6. The molecular formula is C15H18N2O2S2. The van der Waals surface area contributed by atoms with E-state index in [9.17, 15) is 8.42 Å². The van der Waals surface area contributed by atoms with Gasteiger partial charge in [-0.05, 0) is 36.8 Å². The van der Waals surface area contributed by atoms with Crippen molar-refractivity contribution < 1.29 is 8.42 Å². The average Bonchev–Trinajstić information content (AvgIpc) is 2.83. The maximum absolute atomic E-state index is 12.6. The van der Waals surface area contributed by atoms with Crippen LogP contribution in [0.15, 0.2) is 23.7 Å². The Bertz CT molecular complexity index is 778. The number of sulfone groups is 1. The van der Waals surface area contributed by atoms with Gasteiger partial charge in [0.1, 0.15) is 0 Å². The van der Waals surface area contributed by atoms with Crippen LogP contribution < -0.4 is 4.90 Å². The van der Waals surface area contributed by atoms with Gasteiger partial charge in [-0.15, -0.1) is 11.3 Å². The predicted octanol–water partition coefficient (Wildman–Crippen LogP) is 2.84. The van der Waals surface area contributed by atoms with Crippen molar-refractivity contribution in [2.75, 3.05) is 23.7 Å². The van der Waals surface area contributed by atoms with Crippen molar-refractivity contribution in [2.45, 2.75) is 30.4 Å². The van der Waals surface area contributed by atoms with E-state index in [1.165, 1.54) is 4.70 Å². The summed E-state index contributed by atoms with van der Waals surface area (Å²) in [6.45, 7) is 1.43. The normalized spacial score (nSPS) is 23.9. The quantitative estimate of drug-likeness (QED) is 0.810. The summed E-state index contributed by atoms with van der Waals surface area (Å²) in [4.78, 5) is 6.61. The van der Waals surface area contributed by atoms with E-state index in [2.05, 4.69) is 9.88 Å². The van der Waals surface area contributed by atoms with E-state index in [0.717, 1.165) is 43.4 Å². The summed E-state index contributed by atoms with van der Waals surface area (Å²) < 4.78 is 25.9. The number of fused-ring (bicyclic) bond motifs is 1. The van der Waals surface area contributed by atoms with Crippen LogP contribution in [-0.4, -0.2) is 37.0 Å². The molecule has 0 bridgehead atoms. The van der Waals surface area contributed by atoms with E-state index >= 15 is 0 Å². The Balaban J connectivity index is 1.70. The molecule has 0 N–H and O–H groups in total. The first-order chi connectivity index (χ1) is 10.1. The Labute approximate surface area is 128 Å². The highest BCUT2D eigenvalue weighted by molar-refractivity contribution is 7.92. The van der Waals surface area contributed by atoms with Gasteiger partial charge < -0.3 is 4.90 Å². The molecule has 1 saturated heterocycles. The molecule has 1 aliphatic carbocycles. The van der Waals surface area contributed by atoms with Crippen LogP contribution in [0.5, 0.6) is 0 Å². The second-order valence-electron chi connectivity index (χ2n) is 6.06. The molecule has 4 nitrogen and oxygen atoms in total. The van der Waals surface area contributed by atoms with E-state index in [4.69, 9.17) is 0 Å². The minimum absolute atomic E-state index is 0.280. The molecule has 112 valence electrons. The predicted molar refractivity (Wildman–Crippen MR) is 86.8 cm³/mol. The van der Waals surface area contributed by atoms with E-state index in [0.29, 0.717) is 6.54 Å². The molecule has 1 aliphatic heterocycles. The van der Waals surface area contributed by atoms with Crippen LogP contribution in [0, 0.1) is 0 Å². The highest BCUT2D eigenvalue weighted by atomic mass is 32.2. The van der Waals surface area contributed by atoms with Crippen LogP contribution in [0.2, 0.25) is 0 Å². The molecule has 4 rings (SSSR count). The summed E-state index contributed by atoms with van der Waals surface area (Å²) in [6, 6.07) is 4.04. The lowest BCUT2D eigenvalue weighted by Gasteiger charge is -2.40. The molecule has 1 saturated carbocycles. The second kappa shape index (κ2) is 4.68. The Morgan fingerprint density at radius 1 is 1.19 bits per heavy atom. The largest absolute Gasteiger partial charge is 0.369 e. The Morgan fingerprint density at radius 3 is 2.81 bits per heavy atom. The summed E-state index contributed by atoms with van der Waals surface area (Å²) in [5, 5.41) is 2.04. The third kappa shape index (κ3) is 1.99. The summed E-state index contributed by atoms with van der Waals surface area (Å²) >= 11 is 1.68. The van der Waals surface area contributed by atoms with Gasteiger partial charge in [-0.25, -0.2) is 8.42 Å². The molecular weight excluding hydrogens is 304 g/mol. The molecule has 2 aliphatic rings. The molecule has 0 unspecified atom stereocenters. The summed E-state index contributed by atoms with van der Waals surface area (Å²) in [5.41, 5.74) is 2.14. The Hall–Kier alpha value is -1.14. The standard InChI is InChI=1S/C15H18N2O2S2/c18-21(19)11-9-17(8-6-15(21)4-1-5-15)13-2-7-16-12-3-10-20-14(12)13/h2-3,7,10H,1,4-6,8-9,11H2. The molecule has 0 amide bonds. The molecule has 6 heteroatoms. The highest BCUT2D eigenvalue weighted by Crippen LogP contribution is 2.44. The molecule has 2 fully saturated rings. The number of anilines is 1. The van der Waals surface area contributed by atoms with Gasteiger partial charge in [0.25, 0.3) is 0 Å². The van der Waals surface area contributed by atoms with Gasteiger partial charge in [0, 0.05) is 19.3 Å². The number of rotatable bonds is 1. The number of nitrogens with zero attached hydrogens (tertiary/aromatic N) is 2. The van der Waals surface area contributed by atoms with Gasteiger partial charge in [0.05, 0.1) is 26.4 Å². The minimum Gasteiger partial charge on any atom is -0.369 e.